The number of hydrogen-bond acceptors (Lipinski definition) is 3. The molecule has 0 radical (unpaired) electrons. The number of carbonyl (C=O) groups is 2. The number of carbonyl (C=O) groups excluding carboxylic acids is 1. The molecule has 262 valence electrons. The Morgan fingerprint density at radius 3 is 1.16 bits per heavy atom. The van der Waals surface area contributed by atoms with E-state index in [9.17, 15) is 14.7 Å². The summed E-state index contributed by atoms with van der Waals surface area (Å²) in [5.74, 6) is -2.10. The van der Waals surface area contributed by atoms with Gasteiger partial charge in [-0.15, -0.1) is 0 Å². The van der Waals surface area contributed by atoms with Crippen molar-refractivity contribution in [3.8, 4) is 0 Å². The number of carboxylic acid groups (broad SMARTS) is 1. The van der Waals surface area contributed by atoms with Gasteiger partial charge in [0, 0.05) is 0 Å². The highest BCUT2D eigenvalue weighted by Crippen LogP contribution is 2.26. The van der Waals surface area contributed by atoms with Gasteiger partial charge in [0.15, 0.2) is 0 Å². The second kappa shape index (κ2) is 33.3. The predicted octanol–water partition coefficient (Wildman–Crippen LogP) is 13.2. The molecule has 3 unspecified atom stereocenters. The lowest BCUT2D eigenvalue weighted by Crippen LogP contribution is -2.31. The molecule has 0 aliphatic rings. The van der Waals surface area contributed by atoms with Crippen molar-refractivity contribution in [3.63, 3.8) is 0 Å². The lowest BCUT2D eigenvalue weighted by molar-refractivity contribution is -0.158. The van der Waals surface area contributed by atoms with Crippen LogP contribution in [0.5, 0.6) is 0 Å². The molecule has 0 saturated carbocycles. The lowest BCUT2D eigenvalue weighted by atomic mass is 9.84. The van der Waals surface area contributed by atoms with Crippen LogP contribution in [0.25, 0.3) is 0 Å². The van der Waals surface area contributed by atoms with E-state index in [4.69, 9.17) is 4.74 Å². The standard InChI is InChI=1S/C40H78O4/c1-5-7-9-11-13-15-17-19-21-23-25-27-29-31-33-36(3)35-38(37(4)39(41)42)40(43)44-34-32-30-28-26-24-22-20-18-16-14-12-10-8-6-2/h36-38H,5-35H2,1-4H3,(H,41,42). The number of ether oxygens (including phenoxy) is 1. The van der Waals surface area contributed by atoms with Crippen molar-refractivity contribution in [2.45, 2.75) is 220 Å². The van der Waals surface area contributed by atoms with Gasteiger partial charge in [0.2, 0.25) is 0 Å². The molecule has 0 aromatic heterocycles. The van der Waals surface area contributed by atoms with Crippen molar-refractivity contribution in [1.82, 2.24) is 0 Å². The van der Waals surface area contributed by atoms with Crippen LogP contribution in [0.2, 0.25) is 0 Å². The Kier molecular flexibility index (Phi) is 32.5. The van der Waals surface area contributed by atoms with Gasteiger partial charge in [0.1, 0.15) is 0 Å². The first kappa shape index (κ1) is 42.9. The van der Waals surface area contributed by atoms with Crippen LogP contribution in [0, 0.1) is 17.8 Å². The number of unbranched alkanes of at least 4 members (excludes halogenated alkanes) is 26. The summed E-state index contributed by atoms with van der Waals surface area (Å²) in [6.07, 6.45) is 38.8. The first-order valence-corrected chi connectivity index (χ1v) is 19.8. The first-order chi connectivity index (χ1) is 21.4. The Labute approximate surface area is 275 Å². The number of carboxylic acids is 1. The Balaban J connectivity index is 3.87. The van der Waals surface area contributed by atoms with Crippen molar-refractivity contribution in [1.29, 1.82) is 0 Å². The molecule has 1 N–H and O–H groups in total. The highest BCUT2D eigenvalue weighted by Gasteiger charge is 2.32. The summed E-state index contributed by atoms with van der Waals surface area (Å²) >= 11 is 0. The molecule has 44 heavy (non-hydrogen) atoms. The van der Waals surface area contributed by atoms with E-state index < -0.39 is 17.8 Å². The second-order valence-corrected chi connectivity index (χ2v) is 14.2. The maximum Gasteiger partial charge on any atom is 0.309 e. The molecule has 3 atom stereocenters. The van der Waals surface area contributed by atoms with Gasteiger partial charge in [-0.1, -0.05) is 207 Å². The van der Waals surface area contributed by atoms with E-state index in [0.29, 0.717) is 18.9 Å². The molecular formula is C40H78O4. The largest absolute Gasteiger partial charge is 0.481 e. The van der Waals surface area contributed by atoms with Crippen molar-refractivity contribution in [2.75, 3.05) is 6.61 Å². The van der Waals surface area contributed by atoms with Gasteiger partial charge < -0.3 is 9.84 Å². The normalized spacial score (nSPS) is 13.5. The molecule has 4 nitrogen and oxygen atoms in total. The minimum Gasteiger partial charge on any atom is -0.481 e. The van der Waals surface area contributed by atoms with Gasteiger partial charge >= 0.3 is 11.9 Å². The molecule has 0 saturated heterocycles. The number of aliphatic carboxylic acids is 1. The van der Waals surface area contributed by atoms with Gasteiger partial charge in [0.05, 0.1) is 18.4 Å². The number of rotatable bonds is 35. The molecule has 0 rings (SSSR count). The molecular weight excluding hydrogens is 544 g/mol. The lowest BCUT2D eigenvalue weighted by Gasteiger charge is -2.23. The van der Waals surface area contributed by atoms with E-state index in [1.807, 2.05) is 0 Å². The smallest absolute Gasteiger partial charge is 0.309 e. The Hall–Kier alpha value is -1.06. The van der Waals surface area contributed by atoms with Crippen molar-refractivity contribution in [2.24, 2.45) is 17.8 Å². The third-order valence-electron chi connectivity index (χ3n) is 9.74. The zero-order valence-electron chi connectivity index (χ0n) is 30.3. The average Bonchev–Trinajstić information content (AvgIpc) is 3.01. The minimum absolute atomic E-state index is 0.303. The van der Waals surface area contributed by atoms with Crippen molar-refractivity contribution < 1.29 is 19.4 Å². The highest BCUT2D eigenvalue weighted by molar-refractivity contribution is 5.80. The quantitative estimate of drug-likeness (QED) is 0.0564. The van der Waals surface area contributed by atoms with E-state index in [1.165, 1.54) is 167 Å². The molecule has 0 aromatic carbocycles. The fourth-order valence-corrected chi connectivity index (χ4v) is 6.49. The number of hydrogen-bond donors (Lipinski definition) is 1. The molecule has 0 aliphatic carbocycles. The van der Waals surface area contributed by atoms with Gasteiger partial charge in [-0.25, -0.2) is 0 Å². The SMILES string of the molecule is CCCCCCCCCCCCCCCCOC(=O)C(CC(C)CCCCCCCCCCCCCCCC)C(C)C(=O)O. The van der Waals surface area contributed by atoms with Crippen molar-refractivity contribution in [3.05, 3.63) is 0 Å². The fourth-order valence-electron chi connectivity index (χ4n) is 6.49. The summed E-state index contributed by atoms with van der Waals surface area (Å²) in [6, 6.07) is 0. The summed E-state index contributed by atoms with van der Waals surface area (Å²) < 4.78 is 5.61. The average molecular weight is 623 g/mol. The van der Waals surface area contributed by atoms with Crippen LogP contribution in [-0.4, -0.2) is 23.7 Å². The zero-order valence-corrected chi connectivity index (χ0v) is 30.3. The molecule has 0 fully saturated rings. The minimum atomic E-state index is -0.896. The van der Waals surface area contributed by atoms with E-state index in [-0.39, 0.29) is 5.97 Å². The summed E-state index contributed by atoms with van der Waals surface area (Å²) in [5.41, 5.74) is 0. The maximum atomic E-state index is 12.9. The van der Waals surface area contributed by atoms with Gasteiger partial charge in [-0.2, -0.15) is 0 Å². The third-order valence-corrected chi connectivity index (χ3v) is 9.74. The van der Waals surface area contributed by atoms with E-state index >= 15 is 0 Å². The zero-order chi connectivity index (χ0) is 32.5. The summed E-state index contributed by atoms with van der Waals surface area (Å²) in [4.78, 5) is 24.6. The van der Waals surface area contributed by atoms with Crippen LogP contribution in [0.15, 0.2) is 0 Å². The molecule has 4 heteroatoms. The van der Waals surface area contributed by atoms with E-state index in [0.717, 1.165) is 19.3 Å². The van der Waals surface area contributed by atoms with Crippen LogP contribution in [0.4, 0.5) is 0 Å². The van der Waals surface area contributed by atoms with Gasteiger partial charge in [-0.05, 0) is 18.8 Å². The van der Waals surface area contributed by atoms with E-state index in [1.54, 1.807) is 6.92 Å². The molecule has 0 aromatic rings. The fraction of sp³-hybridized carbons (Fsp3) is 0.950. The predicted molar refractivity (Wildman–Crippen MR) is 190 cm³/mol. The van der Waals surface area contributed by atoms with Crippen LogP contribution in [-0.2, 0) is 14.3 Å². The molecule has 0 amide bonds. The summed E-state index contributed by atoms with van der Waals surface area (Å²) in [6.45, 7) is 8.81. The van der Waals surface area contributed by atoms with E-state index in [2.05, 4.69) is 20.8 Å². The third kappa shape index (κ3) is 28.4. The van der Waals surface area contributed by atoms with Crippen LogP contribution in [0.3, 0.4) is 0 Å². The Bertz CT molecular complexity index is 618. The Morgan fingerprint density at radius 1 is 0.500 bits per heavy atom. The highest BCUT2D eigenvalue weighted by atomic mass is 16.5. The monoisotopic (exact) mass is 623 g/mol. The second-order valence-electron chi connectivity index (χ2n) is 14.2. The first-order valence-electron chi connectivity index (χ1n) is 19.8. The van der Waals surface area contributed by atoms with Crippen LogP contribution in [0.1, 0.15) is 220 Å². The molecule has 0 heterocycles. The molecule has 0 spiro atoms. The van der Waals surface area contributed by atoms with Crippen molar-refractivity contribution >= 4 is 11.9 Å². The Morgan fingerprint density at radius 2 is 0.818 bits per heavy atom. The van der Waals surface area contributed by atoms with Crippen LogP contribution < -0.4 is 0 Å². The summed E-state index contributed by atoms with van der Waals surface area (Å²) in [5, 5.41) is 9.62. The topological polar surface area (TPSA) is 63.6 Å². The number of esters is 1. The summed E-state index contributed by atoms with van der Waals surface area (Å²) in [7, 11) is 0. The maximum absolute atomic E-state index is 12.9. The van der Waals surface area contributed by atoms with Gasteiger partial charge in [-0.3, -0.25) is 9.59 Å². The molecule has 0 aliphatic heterocycles. The van der Waals surface area contributed by atoms with Crippen LogP contribution >= 0.6 is 0 Å². The van der Waals surface area contributed by atoms with Gasteiger partial charge in [0.25, 0.3) is 0 Å². The molecule has 0 bridgehead atoms.